The highest BCUT2D eigenvalue weighted by Crippen LogP contribution is 2.08. The van der Waals surface area contributed by atoms with Gasteiger partial charge < -0.3 is 19.9 Å². The quantitative estimate of drug-likeness (QED) is 0.647. The van der Waals surface area contributed by atoms with Gasteiger partial charge >= 0.3 is 0 Å². The molecule has 0 bridgehead atoms. The van der Waals surface area contributed by atoms with E-state index in [1.807, 2.05) is 6.92 Å². The molecule has 2 atom stereocenters. The fraction of sp³-hybridized carbons (Fsp3) is 1.00. The first-order valence-electron chi connectivity index (χ1n) is 6.83. The Kier molecular flexibility index (Phi) is 7.11. The largest absolute Gasteiger partial charge is 0.389 e. The van der Waals surface area contributed by atoms with E-state index in [-0.39, 0.29) is 6.10 Å². The van der Waals surface area contributed by atoms with Gasteiger partial charge in [0.1, 0.15) is 0 Å². The van der Waals surface area contributed by atoms with Crippen LogP contribution in [-0.4, -0.2) is 74.8 Å². The maximum Gasteiger partial charge on any atom is 0.0826 e. The van der Waals surface area contributed by atoms with E-state index in [2.05, 4.69) is 17.1 Å². The molecule has 18 heavy (non-hydrogen) atoms. The summed E-state index contributed by atoms with van der Waals surface area (Å²) in [7, 11) is 1.65. The number of hydrogen-bond donors (Lipinski definition) is 2. The van der Waals surface area contributed by atoms with Crippen molar-refractivity contribution in [3.8, 4) is 0 Å². The van der Waals surface area contributed by atoms with Gasteiger partial charge in [0, 0.05) is 46.3 Å². The maximum atomic E-state index is 10.1. The summed E-state index contributed by atoms with van der Waals surface area (Å²) in [6.45, 7) is 9.83. The molecule has 108 valence electrons. The first kappa shape index (κ1) is 15.9. The summed E-state index contributed by atoms with van der Waals surface area (Å²) < 4.78 is 10.7. The van der Waals surface area contributed by atoms with Crippen LogP contribution in [0.2, 0.25) is 0 Å². The summed E-state index contributed by atoms with van der Waals surface area (Å²) in [6, 6.07) is 0. The molecule has 2 N–H and O–H groups in total. The van der Waals surface area contributed by atoms with Crippen LogP contribution in [0.5, 0.6) is 0 Å². The molecule has 0 aromatic carbocycles. The Morgan fingerprint density at radius 1 is 1.56 bits per heavy atom. The van der Waals surface area contributed by atoms with Gasteiger partial charge in [0.25, 0.3) is 0 Å². The van der Waals surface area contributed by atoms with Crippen LogP contribution in [0.25, 0.3) is 0 Å². The minimum Gasteiger partial charge on any atom is -0.389 e. The number of methoxy groups -OCH3 is 1. The van der Waals surface area contributed by atoms with E-state index < -0.39 is 5.60 Å². The number of aliphatic hydroxyl groups is 1. The van der Waals surface area contributed by atoms with Gasteiger partial charge in [-0.05, 0) is 13.5 Å². The molecule has 1 aliphatic rings. The van der Waals surface area contributed by atoms with E-state index in [0.717, 1.165) is 32.8 Å². The molecule has 1 saturated heterocycles. The van der Waals surface area contributed by atoms with Gasteiger partial charge in [-0.1, -0.05) is 6.92 Å². The summed E-state index contributed by atoms with van der Waals surface area (Å²) in [4.78, 5) is 2.39. The van der Waals surface area contributed by atoms with E-state index in [9.17, 15) is 5.11 Å². The molecule has 5 heteroatoms. The van der Waals surface area contributed by atoms with Crippen molar-refractivity contribution in [3.05, 3.63) is 0 Å². The number of ether oxygens (including phenoxy) is 2. The van der Waals surface area contributed by atoms with Crippen molar-refractivity contribution in [2.45, 2.75) is 32.0 Å². The molecule has 1 aliphatic heterocycles. The van der Waals surface area contributed by atoms with Crippen LogP contribution in [0, 0.1) is 0 Å². The summed E-state index contributed by atoms with van der Waals surface area (Å²) in [5.41, 5.74) is -0.713. The minimum atomic E-state index is -0.713. The highest BCUT2D eigenvalue weighted by Gasteiger charge is 2.22. The fourth-order valence-corrected chi connectivity index (χ4v) is 2.10. The van der Waals surface area contributed by atoms with E-state index >= 15 is 0 Å². The second-order valence-electron chi connectivity index (χ2n) is 5.26. The average Bonchev–Trinajstić information content (AvgIpc) is 2.36. The van der Waals surface area contributed by atoms with Gasteiger partial charge in [-0.3, -0.25) is 4.90 Å². The van der Waals surface area contributed by atoms with Gasteiger partial charge in [-0.2, -0.15) is 0 Å². The van der Waals surface area contributed by atoms with Gasteiger partial charge in [-0.15, -0.1) is 0 Å². The molecule has 0 saturated carbocycles. The normalized spacial score (nSPS) is 25.0. The smallest absolute Gasteiger partial charge is 0.0826 e. The molecule has 5 nitrogen and oxygen atoms in total. The molecule has 1 heterocycles. The van der Waals surface area contributed by atoms with Crippen LogP contribution in [-0.2, 0) is 9.47 Å². The second kappa shape index (κ2) is 8.07. The highest BCUT2D eigenvalue weighted by atomic mass is 16.5. The Bertz CT molecular complexity index is 224. The lowest BCUT2D eigenvalue weighted by atomic mass is 10.0. The van der Waals surface area contributed by atoms with Gasteiger partial charge in [0.15, 0.2) is 0 Å². The molecule has 1 rings (SSSR count). The third kappa shape index (κ3) is 6.11. The number of nitrogens with zero attached hydrogens (tertiary/aromatic N) is 1. The van der Waals surface area contributed by atoms with Crippen LogP contribution < -0.4 is 5.32 Å². The Hall–Kier alpha value is -0.200. The van der Waals surface area contributed by atoms with E-state index in [0.29, 0.717) is 19.6 Å². The zero-order valence-corrected chi connectivity index (χ0v) is 11.9. The third-order valence-corrected chi connectivity index (χ3v) is 3.39. The monoisotopic (exact) mass is 260 g/mol. The summed E-state index contributed by atoms with van der Waals surface area (Å²) in [6.07, 6.45) is 0.875. The Labute approximate surface area is 110 Å². The first-order chi connectivity index (χ1) is 8.57. The molecular formula is C13H28N2O3. The van der Waals surface area contributed by atoms with Crippen molar-refractivity contribution < 1.29 is 14.6 Å². The number of nitrogens with one attached hydrogen (secondary N) is 1. The van der Waals surface area contributed by atoms with Crippen molar-refractivity contribution in [3.63, 3.8) is 0 Å². The summed E-state index contributed by atoms with van der Waals surface area (Å²) in [5.74, 6) is 0. The van der Waals surface area contributed by atoms with Gasteiger partial charge in [0.05, 0.1) is 18.3 Å². The second-order valence-corrected chi connectivity index (χ2v) is 5.26. The average molecular weight is 260 g/mol. The zero-order chi connectivity index (χ0) is 13.4. The Morgan fingerprint density at radius 2 is 2.33 bits per heavy atom. The third-order valence-electron chi connectivity index (χ3n) is 3.39. The van der Waals surface area contributed by atoms with Crippen molar-refractivity contribution in [2.24, 2.45) is 0 Å². The number of hydrogen-bond acceptors (Lipinski definition) is 5. The molecule has 2 unspecified atom stereocenters. The van der Waals surface area contributed by atoms with Crippen molar-refractivity contribution in [1.29, 1.82) is 0 Å². The van der Waals surface area contributed by atoms with E-state index in [1.165, 1.54) is 0 Å². The standard InChI is InChI=1S/C13H28N2O3/c1-4-15-6-8-18-12(10-15)9-14-11-13(2,16)5-7-17-3/h12,14,16H,4-11H2,1-3H3. The molecule has 0 amide bonds. The minimum absolute atomic E-state index is 0.233. The maximum absolute atomic E-state index is 10.1. The molecule has 1 fully saturated rings. The zero-order valence-electron chi connectivity index (χ0n) is 11.9. The fourth-order valence-electron chi connectivity index (χ4n) is 2.10. The lowest BCUT2D eigenvalue weighted by Crippen LogP contribution is -2.48. The number of rotatable bonds is 8. The first-order valence-corrected chi connectivity index (χ1v) is 6.83. The molecule has 0 radical (unpaired) electrons. The molecule has 0 aliphatic carbocycles. The predicted molar refractivity (Wildman–Crippen MR) is 71.8 cm³/mol. The van der Waals surface area contributed by atoms with Crippen LogP contribution in [0.15, 0.2) is 0 Å². The summed E-state index contributed by atoms with van der Waals surface area (Å²) in [5, 5.41) is 13.4. The van der Waals surface area contributed by atoms with Crippen molar-refractivity contribution >= 4 is 0 Å². The molecule has 0 aromatic heterocycles. The SMILES string of the molecule is CCN1CCOC(CNCC(C)(O)CCOC)C1. The Balaban J connectivity index is 2.16. The van der Waals surface area contributed by atoms with E-state index in [1.54, 1.807) is 7.11 Å². The number of morpholine rings is 1. The molecule has 0 aromatic rings. The lowest BCUT2D eigenvalue weighted by Gasteiger charge is -2.33. The predicted octanol–water partition coefficient (Wildman–Crippen LogP) is 0.0842. The van der Waals surface area contributed by atoms with Crippen LogP contribution in [0.3, 0.4) is 0 Å². The molecular weight excluding hydrogens is 232 g/mol. The topological polar surface area (TPSA) is 54.0 Å². The van der Waals surface area contributed by atoms with Crippen molar-refractivity contribution in [2.75, 3.05) is 53.0 Å². The lowest BCUT2D eigenvalue weighted by molar-refractivity contribution is -0.0299. The van der Waals surface area contributed by atoms with Crippen LogP contribution in [0.1, 0.15) is 20.3 Å². The van der Waals surface area contributed by atoms with Crippen LogP contribution in [0.4, 0.5) is 0 Å². The summed E-state index contributed by atoms with van der Waals surface area (Å²) >= 11 is 0. The highest BCUT2D eigenvalue weighted by molar-refractivity contribution is 4.78. The number of likely N-dealkylation sites (N-methyl/N-ethyl adjacent to an activating group) is 1. The van der Waals surface area contributed by atoms with E-state index in [4.69, 9.17) is 9.47 Å². The van der Waals surface area contributed by atoms with Crippen LogP contribution >= 0.6 is 0 Å². The van der Waals surface area contributed by atoms with Crippen molar-refractivity contribution in [1.82, 2.24) is 10.2 Å². The van der Waals surface area contributed by atoms with Gasteiger partial charge in [-0.25, -0.2) is 0 Å². The Morgan fingerprint density at radius 3 is 3.00 bits per heavy atom. The molecule has 0 spiro atoms. The van der Waals surface area contributed by atoms with Gasteiger partial charge in [0.2, 0.25) is 0 Å².